The van der Waals surface area contributed by atoms with Gasteiger partial charge in [0, 0.05) is 23.8 Å². The maximum Gasteiger partial charge on any atom is 0.494 e. The van der Waals surface area contributed by atoms with E-state index < -0.39 is 0 Å². The number of nitrogen functional groups attached to an aromatic ring is 1. The second-order valence-electron chi connectivity index (χ2n) is 11.0. The quantitative estimate of drug-likeness (QED) is 0.415. The number of hydrogen-bond acceptors (Lipinski definition) is 7. The maximum atomic E-state index is 6.08. The summed E-state index contributed by atoms with van der Waals surface area (Å²) in [4.78, 5) is 4.25. The fourth-order valence-corrected chi connectivity index (χ4v) is 3.07. The highest BCUT2D eigenvalue weighted by Gasteiger charge is 2.51. The highest BCUT2D eigenvalue weighted by molar-refractivity contribution is 6.62. The van der Waals surface area contributed by atoms with E-state index in [1.165, 1.54) is 0 Å². The second kappa shape index (κ2) is 12.8. The summed E-state index contributed by atoms with van der Waals surface area (Å²) in [5.74, 6) is 1.68. The van der Waals surface area contributed by atoms with Crippen LogP contribution in [0.3, 0.4) is 0 Å². The number of rotatable bonds is 9. The van der Waals surface area contributed by atoms with E-state index in [0.29, 0.717) is 25.3 Å². The average molecular weight is 500 g/mol. The summed E-state index contributed by atoms with van der Waals surface area (Å²) in [5.41, 5.74) is 6.71. The molecule has 1 aliphatic rings. The van der Waals surface area contributed by atoms with Gasteiger partial charge in [0.25, 0.3) is 0 Å². The largest absolute Gasteiger partial charge is 0.494 e. The van der Waals surface area contributed by atoms with Crippen LogP contribution in [0.25, 0.3) is 0 Å². The Morgan fingerprint density at radius 2 is 1.22 bits per heavy atom. The lowest BCUT2D eigenvalue weighted by atomic mass is 9.79. The number of nitrogens with two attached hydrogens (primary N) is 1. The molecule has 1 unspecified atom stereocenters. The number of ether oxygens (including phenoxy) is 2. The molecule has 1 fully saturated rings. The molecule has 0 bridgehead atoms. The van der Waals surface area contributed by atoms with Gasteiger partial charge in [0.2, 0.25) is 0 Å². The van der Waals surface area contributed by atoms with Crippen molar-refractivity contribution in [2.75, 3.05) is 47.1 Å². The molecule has 200 valence electrons. The van der Waals surface area contributed by atoms with Crippen molar-refractivity contribution in [1.29, 1.82) is 0 Å². The van der Waals surface area contributed by atoms with E-state index in [4.69, 9.17) is 24.5 Å². The first-order chi connectivity index (χ1) is 16.7. The molecule has 2 atom stereocenters. The first kappa shape index (κ1) is 30.0. The van der Waals surface area contributed by atoms with Crippen LogP contribution in [-0.2, 0) is 9.31 Å². The molecule has 1 saturated heterocycles. The SMILES string of the molecule is CC(COc1cccc(B2OC(C)(C)C(C)(C)O2)c1)N(C)C.C[C@@H](COc1cccc(N)c1)N(C)C. The van der Waals surface area contributed by atoms with Crippen molar-refractivity contribution in [2.45, 2.75) is 64.8 Å². The summed E-state index contributed by atoms with van der Waals surface area (Å²) in [6.45, 7) is 13.8. The molecule has 2 aromatic rings. The Balaban J connectivity index is 0.000000281. The van der Waals surface area contributed by atoms with Crippen molar-refractivity contribution >= 4 is 18.3 Å². The zero-order valence-electron chi connectivity index (χ0n) is 23.9. The number of hydrogen-bond donors (Lipinski definition) is 1. The third kappa shape index (κ3) is 8.70. The van der Waals surface area contributed by atoms with Crippen molar-refractivity contribution in [1.82, 2.24) is 9.80 Å². The maximum absolute atomic E-state index is 6.08. The van der Waals surface area contributed by atoms with Crippen molar-refractivity contribution < 1.29 is 18.8 Å². The molecule has 1 aliphatic heterocycles. The first-order valence-corrected chi connectivity index (χ1v) is 12.6. The number of anilines is 1. The van der Waals surface area contributed by atoms with E-state index in [9.17, 15) is 0 Å². The van der Waals surface area contributed by atoms with Crippen molar-refractivity contribution in [3.05, 3.63) is 48.5 Å². The van der Waals surface area contributed by atoms with E-state index in [-0.39, 0.29) is 18.3 Å². The van der Waals surface area contributed by atoms with Crippen molar-refractivity contribution in [3.8, 4) is 11.5 Å². The smallest absolute Gasteiger partial charge is 0.492 e. The van der Waals surface area contributed by atoms with Gasteiger partial charge in [-0.1, -0.05) is 18.2 Å². The van der Waals surface area contributed by atoms with Gasteiger partial charge in [-0.15, -0.1) is 0 Å². The fraction of sp³-hybridized carbons (Fsp3) is 0.571. The van der Waals surface area contributed by atoms with Gasteiger partial charge in [0.05, 0.1) is 11.2 Å². The first-order valence-electron chi connectivity index (χ1n) is 12.6. The van der Waals surface area contributed by atoms with E-state index in [2.05, 4.69) is 65.4 Å². The summed E-state index contributed by atoms with van der Waals surface area (Å²) < 4.78 is 23.6. The van der Waals surface area contributed by atoms with Crippen LogP contribution in [0.4, 0.5) is 5.69 Å². The summed E-state index contributed by atoms with van der Waals surface area (Å²) in [7, 11) is 7.82. The Kier molecular flexibility index (Phi) is 10.7. The Morgan fingerprint density at radius 3 is 1.67 bits per heavy atom. The monoisotopic (exact) mass is 499 g/mol. The average Bonchev–Trinajstić information content (AvgIpc) is 3.03. The van der Waals surface area contributed by atoms with Gasteiger partial charge in [-0.25, -0.2) is 0 Å². The number of nitrogens with zero attached hydrogens (tertiary/aromatic N) is 2. The lowest BCUT2D eigenvalue weighted by molar-refractivity contribution is 0.00578. The van der Waals surface area contributed by atoms with Gasteiger partial charge < -0.3 is 34.3 Å². The molecule has 7 nitrogen and oxygen atoms in total. The zero-order chi connectivity index (χ0) is 27.1. The summed E-state index contributed by atoms with van der Waals surface area (Å²) in [5, 5.41) is 0. The van der Waals surface area contributed by atoms with E-state index in [1.807, 2.05) is 62.6 Å². The Morgan fingerprint density at radius 1 is 0.778 bits per heavy atom. The van der Waals surface area contributed by atoms with Crippen LogP contribution >= 0.6 is 0 Å². The molecule has 0 saturated carbocycles. The lowest BCUT2D eigenvalue weighted by Gasteiger charge is -2.32. The molecule has 0 aromatic heterocycles. The van der Waals surface area contributed by atoms with Crippen LogP contribution in [0.2, 0.25) is 0 Å². The molecule has 2 aromatic carbocycles. The zero-order valence-corrected chi connectivity index (χ0v) is 23.9. The van der Waals surface area contributed by atoms with E-state index in [1.54, 1.807) is 0 Å². The van der Waals surface area contributed by atoms with Gasteiger partial charge in [-0.2, -0.15) is 0 Å². The number of benzene rings is 2. The minimum Gasteiger partial charge on any atom is -0.492 e. The van der Waals surface area contributed by atoms with E-state index >= 15 is 0 Å². The predicted octanol–water partition coefficient (Wildman–Crippen LogP) is 3.91. The third-order valence-electron chi connectivity index (χ3n) is 6.99. The molecule has 0 radical (unpaired) electrons. The molecule has 36 heavy (non-hydrogen) atoms. The summed E-state index contributed by atoms with van der Waals surface area (Å²) in [6, 6.07) is 16.2. The molecular weight excluding hydrogens is 453 g/mol. The molecular formula is C28H46BN3O4. The molecule has 0 spiro atoms. The van der Waals surface area contributed by atoms with Crippen LogP contribution in [0.1, 0.15) is 41.5 Å². The standard InChI is InChI=1S/C17H28BNO3.C11H18N2O/c1-13(19(6)7)12-20-15-10-8-9-14(11-15)18-21-16(2,3)17(4,5)22-18;1-9(13(2)3)8-14-11-6-4-5-10(12)7-11/h8-11,13H,12H2,1-7H3;4-7,9H,8,12H2,1-3H3/t;9-/m.0/s1. The van der Waals surface area contributed by atoms with Crippen LogP contribution in [0, 0.1) is 0 Å². The molecule has 0 amide bonds. The molecule has 1 heterocycles. The minimum absolute atomic E-state index is 0.325. The number of likely N-dealkylation sites (N-methyl/N-ethyl adjacent to an activating group) is 2. The highest BCUT2D eigenvalue weighted by atomic mass is 16.7. The van der Waals surface area contributed by atoms with Gasteiger partial charge in [0.15, 0.2) is 0 Å². The Bertz CT molecular complexity index is 936. The molecule has 3 rings (SSSR count). The van der Waals surface area contributed by atoms with Crippen molar-refractivity contribution in [3.63, 3.8) is 0 Å². The molecule has 2 N–H and O–H groups in total. The summed E-state index contributed by atoms with van der Waals surface area (Å²) >= 11 is 0. The van der Waals surface area contributed by atoms with Crippen LogP contribution < -0.4 is 20.7 Å². The van der Waals surface area contributed by atoms with Gasteiger partial charge in [-0.3, -0.25) is 0 Å². The van der Waals surface area contributed by atoms with E-state index in [0.717, 1.165) is 22.6 Å². The van der Waals surface area contributed by atoms with Gasteiger partial charge in [-0.05, 0) is 99.5 Å². The van der Waals surface area contributed by atoms with Crippen LogP contribution in [0.15, 0.2) is 48.5 Å². The fourth-order valence-electron chi connectivity index (χ4n) is 3.07. The normalized spacial score (nSPS) is 17.9. The third-order valence-corrected chi connectivity index (χ3v) is 6.99. The second-order valence-corrected chi connectivity index (χ2v) is 11.0. The molecule has 8 heteroatoms. The highest BCUT2D eigenvalue weighted by Crippen LogP contribution is 2.36. The Hall–Kier alpha value is -2.26. The van der Waals surface area contributed by atoms with Crippen LogP contribution in [-0.4, -0.2) is 81.6 Å². The van der Waals surface area contributed by atoms with Gasteiger partial charge in [0.1, 0.15) is 24.7 Å². The predicted molar refractivity (Wildman–Crippen MR) is 150 cm³/mol. The Labute approximate surface area is 219 Å². The minimum atomic E-state index is -0.347. The van der Waals surface area contributed by atoms with Crippen LogP contribution in [0.5, 0.6) is 11.5 Å². The lowest BCUT2D eigenvalue weighted by Crippen LogP contribution is -2.41. The molecule has 0 aliphatic carbocycles. The summed E-state index contributed by atoms with van der Waals surface area (Å²) in [6.07, 6.45) is 0. The van der Waals surface area contributed by atoms with Gasteiger partial charge >= 0.3 is 7.12 Å². The van der Waals surface area contributed by atoms with Crippen molar-refractivity contribution in [2.24, 2.45) is 0 Å². The topological polar surface area (TPSA) is 69.4 Å².